The molecule has 0 aliphatic rings. The Morgan fingerprint density at radius 3 is 0.500 bits per heavy atom. The first kappa shape index (κ1) is 45.4. The van der Waals surface area contributed by atoms with E-state index in [-0.39, 0.29) is 0 Å². The van der Waals surface area contributed by atoms with Gasteiger partial charge in [0.25, 0.3) is 0 Å². The standard InChI is InChI=1S/C39H79Cl3SSi/c40-44(41,42)39-37-35-33-31-29-27-25-23-21-19-17-15-13-11-9-7-5-3-1-2-4-6-8-10-12-14-16-18-20-22-24-26-28-30-32-34-36-38-43/h43H,1-39H2. The summed E-state index contributed by atoms with van der Waals surface area (Å²) in [4.78, 5) is 0. The molecule has 0 saturated carbocycles. The molecule has 0 bridgehead atoms. The van der Waals surface area contributed by atoms with Gasteiger partial charge in [-0.2, -0.15) is 12.6 Å². The van der Waals surface area contributed by atoms with Crippen LogP contribution in [0.4, 0.5) is 0 Å². The second-order valence-corrected chi connectivity index (χ2v) is 23.9. The van der Waals surface area contributed by atoms with Crippen LogP contribution in [0.1, 0.15) is 238 Å². The molecule has 0 saturated heterocycles. The SMILES string of the molecule is SCCCCCCCCCCCCCCCCCCCCCCCCCCCCCCCCCCCCCCC[Si](Cl)(Cl)Cl. The normalized spacial score (nSPS) is 12.0. The summed E-state index contributed by atoms with van der Waals surface area (Å²) in [6.07, 6.45) is 53.1. The van der Waals surface area contributed by atoms with Gasteiger partial charge in [-0.25, -0.2) is 0 Å². The van der Waals surface area contributed by atoms with Crippen LogP contribution < -0.4 is 0 Å². The highest BCUT2D eigenvalue weighted by atomic mass is 35.8. The third-order valence-electron chi connectivity index (χ3n) is 9.62. The zero-order chi connectivity index (χ0) is 32.1. The van der Waals surface area contributed by atoms with Gasteiger partial charge < -0.3 is 0 Å². The molecule has 0 N–H and O–H groups in total. The minimum Gasteiger partial charge on any atom is -0.179 e. The molecule has 0 aliphatic heterocycles. The van der Waals surface area contributed by atoms with E-state index in [4.69, 9.17) is 33.2 Å². The van der Waals surface area contributed by atoms with Gasteiger partial charge in [0.15, 0.2) is 0 Å². The number of unbranched alkanes of at least 4 members (excludes halogenated alkanes) is 36. The van der Waals surface area contributed by atoms with Crippen molar-refractivity contribution in [2.75, 3.05) is 5.75 Å². The van der Waals surface area contributed by atoms with Gasteiger partial charge >= 0.3 is 6.00 Å². The fraction of sp³-hybridized carbons (Fsp3) is 1.00. The molecule has 0 fully saturated rings. The van der Waals surface area contributed by atoms with Crippen LogP contribution in [-0.2, 0) is 0 Å². The summed E-state index contributed by atoms with van der Waals surface area (Å²) in [5.41, 5.74) is 0. The van der Waals surface area contributed by atoms with Crippen molar-refractivity contribution < 1.29 is 0 Å². The van der Waals surface area contributed by atoms with Crippen molar-refractivity contribution in [3.05, 3.63) is 0 Å². The topological polar surface area (TPSA) is 0 Å². The fourth-order valence-corrected chi connectivity index (χ4v) is 8.70. The lowest BCUT2D eigenvalue weighted by atomic mass is 10.0. The van der Waals surface area contributed by atoms with E-state index in [9.17, 15) is 0 Å². The first-order valence-electron chi connectivity index (χ1n) is 20.2. The van der Waals surface area contributed by atoms with E-state index in [2.05, 4.69) is 12.6 Å². The highest BCUT2D eigenvalue weighted by Gasteiger charge is 2.23. The first-order chi connectivity index (χ1) is 21.6. The summed E-state index contributed by atoms with van der Waals surface area (Å²) in [6.45, 7) is 0. The summed E-state index contributed by atoms with van der Waals surface area (Å²) in [7, 11) is 0. The Morgan fingerprint density at radius 1 is 0.227 bits per heavy atom. The summed E-state index contributed by atoms with van der Waals surface area (Å²) in [5.74, 6) is 1.07. The third kappa shape index (κ3) is 43.4. The van der Waals surface area contributed by atoms with Crippen LogP contribution in [0.3, 0.4) is 0 Å². The Balaban J connectivity index is 3.05. The molecule has 0 aromatic carbocycles. The average molecular weight is 715 g/mol. The molecule has 0 amide bonds. The number of halogens is 3. The summed E-state index contributed by atoms with van der Waals surface area (Å²) >= 11 is 22.1. The molecule has 0 aromatic rings. The van der Waals surface area contributed by atoms with Crippen LogP contribution in [0.15, 0.2) is 0 Å². The third-order valence-corrected chi connectivity index (χ3v) is 12.6. The molecule has 0 aliphatic carbocycles. The monoisotopic (exact) mass is 712 g/mol. The largest absolute Gasteiger partial charge is 0.341 e. The van der Waals surface area contributed by atoms with Crippen molar-refractivity contribution in [3.8, 4) is 0 Å². The maximum absolute atomic E-state index is 5.93. The van der Waals surface area contributed by atoms with Crippen molar-refractivity contribution in [1.82, 2.24) is 0 Å². The van der Waals surface area contributed by atoms with E-state index < -0.39 is 6.00 Å². The van der Waals surface area contributed by atoms with Gasteiger partial charge in [0.1, 0.15) is 0 Å². The van der Waals surface area contributed by atoms with Gasteiger partial charge in [-0.1, -0.05) is 231 Å². The van der Waals surface area contributed by atoms with Crippen LogP contribution in [0.2, 0.25) is 6.04 Å². The van der Waals surface area contributed by atoms with E-state index in [1.54, 1.807) is 0 Å². The van der Waals surface area contributed by atoms with E-state index in [0.29, 0.717) is 0 Å². The molecule has 5 heteroatoms. The predicted molar refractivity (Wildman–Crippen MR) is 213 cm³/mol. The Morgan fingerprint density at radius 2 is 0.364 bits per heavy atom. The number of thiol groups is 1. The molecule has 0 unspecified atom stereocenters. The maximum atomic E-state index is 5.93. The van der Waals surface area contributed by atoms with E-state index in [1.165, 1.54) is 231 Å². The fourth-order valence-electron chi connectivity index (χ4n) is 6.62. The lowest BCUT2D eigenvalue weighted by molar-refractivity contribution is 0.510. The molecule has 266 valence electrons. The maximum Gasteiger partial charge on any atom is 0.341 e. The van der Waals surface area contributed by atoms with Gasteiger partial charge in [-0.05, 0) is 18.2 Å². The van der Waals surface area contributed by atoms with Crippen LogP contribution in [0.5, 0.6) is 0 Å². The predicted octanol–water partition coefficient (Wildman–Crippen LogP) is 17.0. The molecular formula is C39H79Cl3SSi. The van der Waals surface area contributed by atoms with Crippen molar-refractivity contribution in [1.29, 1.82) is 0 Å². The second-order valence-electron chi connectivity index (χ2n) is 14.2. The highest BCUT2D eigenvalue weighted by Crippen LogP contribution is 2.27. The lowest BCUT2D eigenvalue weighted by Crippen LogP contribution is -2.07. The molecule has 0 radical (unpaired) electrons. The smallest absolute Gasteiger partial charge is 0.179 e. The minimum absolute atomic E-state index is 0.830. The highest BCUT2D eigenvalue weighted by molar-refractivity contribution is 7.80. The first-order valence-corrected chi connectivity index (χ1v) is 26.1. The molecule has 0 nitrogen and oxygen atoms in total. The zero-order valence-corrected chi connectivity index (χ0v) is 33.8. The van der Waals surface area contributed by atoms with Crippen molar-refractivity contribution in [2.45, 2.75) is 244 Å². The Bertz CT molecular complexity index is 514. The minimum atomic E-state index is -2.37. The Labute approximate surface area is 299 Å². The molecule has 0 heterocycles. The van der Waals surface area contributed by atoms with Gasteiger partial charge in [-0.3, -0.25) is 0 Å². The quantitative estimate of drug-likeness (QED) is 0.0279. The summed E-state index contributed by atoms with van der Waals surface area (Å²) < 4.78 is 0. The molecular weight excluding hydrogens is 635 g/mol. The van der Waals surface area contributed by atoms with Crippen LogP contribution >= 0.6 is 45.9 Å². The van der Waals surface area contributed by atoms with Crippen molar-refractivity contribution >= 4 is 51.9 Å². The Hall–Kier alpha value is 1.44. The van der Waals surface area contributed by atoms with Gasteiger partial charge in [-0.15, -0.1) is 33.2 Å². The molecule has 0 aromatic heterocycles. The number of rotatable bonds is 39. The molecule has 44 heavy (non-hydrogen) atoms. The molecule has 0 atom stereocenters. The molecule has 0 spiro atoms. The van der Waals surface area contributed by atoms with Crippen LogP contribution in [0, 0.1) is 0 Å². The van der Waals surface area contributed by atoms with E-state index >= 15 is 0 Å². The van der Waals surface area contributed by atoms with Crippen molar-refractivity contribution in [2.24, 2.45) is 0 Å². The summed E-state index contributed by atoms with van der Waals surface area (Å²) in [5, 5.41) is 0. The van der Waals surface area contributed by atoms with Crippen LogP contribution in [0.25, 0.3) is 0 Å². The summed E-state index contributed by atoms with van der Waals surface area (Å²) in [6, 6.07) is -1.54. The van der Waals surface area contributed by atoms with Gasteiger partial charge in [0.05, 0.1) is 0 Å². The zero-order valence-electron chi connectivity index (χ0n) is 29.7. The number of hydrogen-bond donors (Lipinski definition) is 1. The Kier molecular flexibility index (Phi) is 40.2. The average Bonchev–Trinajstić information content (AvgIpc) is 3.00. The van der Waals surface area contributed by atoms with Crippen LogP contribution in [-0.4, -0.2) is 11.8 Å². The van der Waals surface area contributed by atoms with E-state index in [1.807, 2.05) is 0 Å². The van der Waals surface area contributed by atoms with Crippen molar-refractivity contribution in [3.63, 3.8) is 0 Å². The second kappa shape index (κ2) is 38.9. The van der Waals surface area contributed by atoms with E-state index in [0.717, 1.165) is 18.2 Å². The molecule has 0 rings (SSSR count). The lowest BCUT2D eigenvalue weighted by Gasteiger charge is -2.07. The van der Waals surface area contributed by atoms with Gasteiger partial charge in [0.2, 0.25) is 0 Å². The number of hydrogen-bond acceptors (Lipinski definition) is 1. The van der Waals surface area contributed by atoms with Gasteiger partial charge in [0, 0.05) is 0 Å².